The van der Waals surface area contributed by atoms with Crippen molar-refractivity contribution in [3.8, 4) is 0 Å². The lowest BCUT2D eigenvalue weighted by Crippen LogP contribution is -2.21. The van der Waals surface area contributed by atoms with Crippen LogP contribution in [0, 0.1) is 5.92 Å². The minimum atomic E-state index is -0.175. The largest absolute Gasteiger partial charge is 0.381 e. The summed E-state index contributed by atoms with van der Waals surface area (Å²) in [6, 6.07) is 3.96. The van der Waals surface area contributed by atoms with Gasteiger partial charge in [0.2, 0.25) is 0 Å². The van der Waals surface area contributed by atoms with Gasteiger partial charge < -0.3 is 14.7 Å². The van der Waals surface area contributed by atoms with Crippen molar-refractivity contribution in [2.24, 2.45) is 5.92 Å². The van der Waals surface area contributed by atoms with E-state index in [4.69, 9.17) is 4.74 Å². The van der Waals surface area contributed by atoms with Gasteiger partial charge >= 0.3 is 5.69 Å². The van der Waals surface area contributed by atoms with Gasteiger partial charge in [0, 0.05) is 15.9 Å². The molecule has 1 aliphatic rings. The van der Waals surface area contributed by atoms with Crippen molar-refractivity contribution in [1.29, 1.82) is 0 Å². The van der Waals surface area contributed by atoms with E-state index in [9.17, 15) is 4.79 Å². The maximum Gasteiger partial charge on any atom is 0.323 e. The van der Waals surface area contributed by atoms with E-state index in [1.807, 2.05) is 12.1 Å². The minimum Gasteiger partial charge on any atom is -0.381 e. The minimum absolute atomic E-state index is 0.175. The fourth-order valence-electron chi connectivity index (χ4n) is 2.53. The van der Waals surface area contributed by atoms with E-state index < -0.39 is 0 Å². The summed E-state index contributed by atoms with van der Waals surface area (Å²) >= 11 is 7.37. The number of alkyl halides is 1. The molecule has 19 heavy (non-hydrogen) atoms. The van der Waals surface area contributed by atoms with E-state index in [1.54, 1.807) is 0 Å². The topological polar surface area (TPSA) is 57.9 Å². The van der Waals surface area contributed by atoms with E-state index >= 15 is 0 Å². The summed E-state index contributed by atoms with van der Waals surface area (Å²) in [5.74, 6) is 0.466. The van der Waals surface area contributed by atoms with Gasteiger partial charge in [0.05, 0.1) is 17.6 Å². The third kappa shape index (κ3) is 2.66. The molecule has 0 radical (unpaired) electrons. The summed E-state index contributed by atoms with van der Waals surface area (Å²) in [6.45, 7) is 1.64. The first-order valence-corrected chi connectivity index (χ1v) is 7.99. The monoisotopic (exact) mass is 388 g/mol. The van der Waals surface area contributed by atoms with Crippen LogP contribution in [0.15, 0.2) is 21.4 Å². The Morgan fingerprint density at radius 2 is 2.05 bits per heavy atom. The Hall–Kier alpha value is -0.590. The fraction of sp³-hybridized carbons (Fsp3) is 0.462. The molecule has 2 atom stereocenters. The Kier molecular flexibility index (Phi) is 3.82. The van der Waals surface area contributed by atoms with Crippen LogP contribution in [0.25, 0.3) is 11.0 Å². The van der Waals surface area contributed by atoms with E-state index in [-0.39, 0.29) is 10.5 Å². The molecule has 0 aliphatic carbocycles. The van der Waals surface area contributed by atoms with Crippen LogP contribution in [0.5, 0.6) is 0 Å². The van der Waals surface area contributed by atoms with Crippen LogP contribution in [0.3, 0.4) is 0 Å². The molecule has 0 spiro atoms. The van der Waals surface area contributed by atoms with Gasteiger partial charge in [0.1, 0.15) is 0 Å². The summed E-state index contributed by atoms with van der Waals surface area (Å²) in [6.07, 6.45) is 2.26. The number of halogens is 2. The Morgan fingerprint density at radius 1 is 1.32 bits per heavy atom. The first kappa shape index (κ1) is 13.4. The molecule has 1 fully saturated rings. The lowest BCUT2D eigenvalue weighted by Gasteiger charge is -2.27. The number of nitrogens with one attached hydrogen (secondary N) is 2. The quantitative estimate of drug-likeness (QED) is 0.772. The van der Waals surface area contributed by atoms with Crippen LogP contribution >= 0.6 is 31.9 Å². The maximum absolute atomic E-state index is 11.3. The zero-order valence-corrected chi connectivity index (χ0v) is 13.4. The van der Waals surface area contributed by atoms with Crippen molar-refractivity contribution in [2.45, 2.75) is 17.7 Å². The molecule has 1 saturated heterocycles. The Bertz CT molecular complexity index is 644. The molecule has 0 saturated carbocycles. The first-order chi connectivity index (χ1) is 9.15. The molecule has 102 valence electrons. The van der Waals surface area contributed by atoms with Gasteiger partial charge in [-0.15, -0.1) is 0 Å². The smallest absolute Gasteiger partial charge is 0.323 e. The van der Waals surface area contributed by atoms with Crippen molar-refractivity contribution in [1.82, 2.24) is 9.97 Å². The Labute approximate surface area is 127 Å². The van der Waals surface area contributed by atoms with Crippen molar-refractivity contribution in [3.05, 3.63) is 32.7 Å². The number of imidazole rings is 1. The molecule has 0 amide bonds. The van der Waals surface area contributed by atoms with Crippen LogP contribution in [-0.4, -0.2) is 23.2 Å². The number of aromatic nitrogens is 2. The van der Waals surface area contributed by atoms with Gasteiger partial charge in [0.25, 0.3) is 0 Å². The maximum atomic E-state index is 11.3. The second kappa shape index (κ2) is 5.42. The second-order valence-electron chi connectivity index (χ2n) is 4.88. The number of rotatable bonds is 2. The first-order valence-electron chi connectivity index (χ1n) is 6.28. The predicted molar refractivity (Wildman–Crippen MR) is 81.8 cm³/mol. The van der Waals surface area contributed by atoms with Crippen LogP contribution in [-0.2, 0) is 4.74 Å². The number of ether oxygens (including phenoxy) is 1. The van der Waals surface area contributed by atoms with Gasteiger partial charge in [-0.25, -0.2) is 4.79 Å². The normalized spacial score (nSPS) is 21.7. The predicted octanol–water partition coefficient (Wildman–Crippen LogP) is 3.48. The Balaban J connectivity index is 1.98. The highest BCUT2D eigenvalue weighted by Crippen LogP contribution is 2.40. The third-order valence-electron chi connectivity index (χ3n) is 3.54. The Morgan fingerprint density at radius 3 is 2.74 bits per heavy atom. The van der Waals surface area contributed by atoms with Crippen molar-refractivity contribution >= 4 is 42.9 Å². The number of H-pyrrole nitrogens is 2. The highest BCUT2D eigenvalue weighted by Gasteiger charge is 2.25. The van der Waals surface area contributed by atoms with Gasteiger partial charge in [-0.3, -0.25) is 0 Å². The fourth-order valence-corrected chi connectivity index (χ4v) is 4.23. The molecule has 0 bridgehead atoms. The number of hydrogen-bond acceptors (Lipinski definition) is 2. The van der Waals surface area contributed by atoms with E-state index in [0.717, 1.165) is 47.1 Å². The molecule has 2 unspecified atom stereocenters. The second-order valence-corrected chi connectivity index (χ2v) is 6.72. The molecular weight excluding hydrogens is 376 g/mol. The average molecular weight is 390 g/mol. The molecule has 2 heterocycles. The average Bonchev–Trinajstić information content (AvgIpc) is 2.77. The molecular formula is C13H14Br2N2O2. The van der Waals surface area contributed by atoms with Gasteiger partial charge in [-0.2, -0.15) is 0 Å². The number of aromatic amines is 2. The third-order valence-corrected chi connectivity index (χ3v) is 5.47. The summed E-state index contributed by atoms with van der Waals surface area (Å²) in [5, 5.41) is 0. The molecule has 2 aromatic rings. The number of fused-ring (bicyclic) bond motifs is 1. The summed E-state index contributed by atoms with van der Waals surface area (Å²) in [7, 11) is 0. The van der Waals surface area contributed by atoms with E-state index in [2.05, 4.69) is 41.8 Å². The zero-order valence-electron chi connectivity index (χ0n) is 10.2. The molecule has 1 aliphatic heterocycles. The van der Waals surface area contributed by atoms with Crippen LogP contribution in [0.2, 0.25) is 0 Å². The van der Waals surface area contributed by atoms with Crippen LogP contribution in [0.4, 0.5) is 0 Å². The molecule has 4 nitrogen and oxygen atoms in total. The number of hydrogen-bond donors (Lipinski definition) is 2. The zero-order chi connectivity index (χ0) is 13.4. The molecule has 2 N–H and O–H groups in total. The molecule has 1 aromatic carbocycles. The summed E-state index contributed by atoms with van der Waals surface area (Å²) < 4.78 is 6.55. The van der Waals surface area contributed by atoms with Gasteiger partial charge in [0.15, 0.2) is 0 Å². The number of benzene rings is 1. The lowest BCUT2D eigenvalue weighted by molar-refractivity contribution is 0.0545. The van der Waals surface area contributed by atoms with Gasteiger partial charge in [-0.1, -0.05) is 31.9 Å². The molecule has 1 aromatic heterocycles. The van der Waals surface area contributed by atoms with Gasteiger partial charge in [-0.05, 0) is 36.5 Å². The highest BCUT2D eigenvalue weighted by molar-refractivity contribution is 9.11. The standard InChI is InChI=1S/C13H14Br2N2O2/c14-9-5-11-10(16-13(18)17-11)4-8(9)12(15)7-2-1-3-19-6-7/h4-5,7,12H,1-3,6H2,(H2,16,17,18). The van der Waals surface area contributed by atoms with Crippen LogP contribution < -0.4 is 5.69 Å². The summed E-state index contributed by atoms with van der Waals surface area (Å²) in [4.78, 5) is 17.1. The van der Waals surface area contributed by atoms with Crippen molar-refractivity contribution in [3.63, 3.8) is 0 Å². The van der Waals surface area contributed by atoms with Crippen molar-refractivity contribution < 1.29 is 4.74 Å². The molecule has 6 heteroatoms. The lowest BCUT2D eigenvalue weighted by atomic mass is 9.94. The van der Waals surface area contributed by atoms with Crippen LogP contribution in [0.1, 0.15) is 23.2 Å². The molecule has 3 rings (SSSR count). The van der Waals surface area contributed by atoms with Crippen molar-refractivity contribution in [2.75, 3.05) is 13.2 Å². The highest BCUT2D eigenvalue weighted by atomic mass is 79.9. The SMILES string of the molecule is O=c1[nH]c2cc(Br)c(C(Br)C3CCCOC3)cc2[nH]1. The van der Waals surface area contributed by atoms with E-state index in [0.29, 0.717) is 5.92 Å². The summed E-state index contributed by atoms with van der Waals surface area (Å²) in [5.41, 5.74) is 2.63. The van der Waals surface area contributed by atoms with E-state index in [1.165, 1.54) is 0 Å².